The molecule has 1 saturated heterocycles. The van der Waals surface area contributed by atoms with Crippen LogP contribution in [0.2, 0.25) is 0 Å². The van der Waals surface area contributed by atoms with Crippen molar-refractivity contribution in [2.75, 3.05) is 13.1 Å². The van der Waals surface area contributed by atoms with Crippen molar-refractivity contribution < 1.29 is 4.79 Å². The highest BCUT2D eigenvalue weighted by Gasteiger charge is 2.26. The summed E-state index contributed by atoms with van der Waals surface area (Å²) in [4.78, 5) is 23.2. The maximum absolute atomic E-state index is 12.6. The van der Waals surface area contributed by atoms with Crippen LogP contribution in [0.25, 0.3) is 0 Å². The normalized spacial score (nSPS) is 18.5. The van der Waals surface area contributed by atoms with Crippen LogP contribution in [0.4, 0.5) is 0 Å². The van der Waals surface area contributed by atoms with Gasteiger partial charge in [0.15, 0.2) is 5.82 Å². The van der Waals surface area contributed by atoms with Crippen molar-refractivity contribution in [1.29, 1.82) is 0 Å². The summed E-state index contributed by atoms with van der Waals surface area (Å²) in [7, 11) is 1.86. The van der Waals surface area contributed by atoms with Crippen LogP contribution in [-0.4, -0.2) is 38.4 Å². The molecular weight excluding hydrogens is 276 g/mol. The Morgan fingerprint density at radius 1 is 1.41 bits per heavy atom. The Bertz CT molecular complexity index is 664. The molecule has 0 saturated carbocycles. The van der Waals surface area contributed by atoms with E-state index in [-0.39, 0.29) is 5.91 Å². The molecule has 2 aromatic heterocycles. The number of rotatable bonds is 3. The standard InChI is InChI=1S/C17H22N4O/c1-13-5-3-7-15(19-13)11-14-6-4-9-21(12-14)17(22)16-18-8-10-20(16)2/h3,5,7-8,10,14H,4,6,9,11-12H2,1-2H3/t14-/m1/s1. The molecule has 1 amide bonds. The quantitative estimate of drug-likeness (QED) is 0.873. The number of carbonyl (C=O) groups is 1. The Hall–Kier alpha value is -2.17. The van der Waals surface area contributed by atoms with E-state index in [2.05, 4.69) is 22.1 Å². The van der Waals surface area contributed by atoms with E-state index in [4.69, 9.17) is 0 Å². The fourth-order valence-corrected chi connectivity index (χ4v) is 3.14. The van der Waals surface area contributed by atoms with Crippen molar-refractivity contribution in [3.05, 3.63) is 47.8 Å². The minimum absolute atomic E-state index is 0.0365. The average molecular weight is 298 g/mol. The first-order chi connectivity index (χ1) is 10.6. The summed E-state index contributed by atoms with van der Waals surface area (Å²) >= 11 is 0. The number of piperidine rings is 1. The first kappa shape index (κ1) is 14.8. The lowest BCUT2D eigenvalue weighted by Crippen LogP contribution is -2.41. The summed E-state index contributed by atoms with van der Waals surface area (Å²) in [6.07, 6.45) is 6.62. The number of imidazole rings is 1. The molecule has 3 rings (SSSR count). The predicted molar refractivity (Wildman–Crippen MR) is 84.5 cm³/mol. The van der Waals surface area contributed by atoms with Crippen LogP contribution < -0.4 is 0 Å². The lowest BCUT2D eigenvalue weighted by molar-refractivity contribution is 0.0656. The number of hydrogen-bond donors (Lipinski definition) is 0. The molecule has 0 aromatic carbocycles. The summed E-state index contributed by atoms with van der Waals surface area (Å²) in [5.74, 6) is 1.04. The van der Waals surface area contributed by atoms with Gasteiger partial charge in [0.2, 0.25) is 0 Å². The highest BCUT2D eigenvalue weighted by Crippen LogP contribution is 2.21. The number of likely N-dealkylation sites (tertiary alicyclic amines) is 1. The highest BCUT2D eigenvalue weighted by atomic mass is 16.2. The van der Waals surface area contributed by atoms with Gasteiger partial charge < -0.3 is 9.47 Å². The summed E-state index contributed by atoms with van der Waals surface area (Å²) < 4.78 is 1.79. The average Bonchev–Trinajstić information content (AvgIpc) is 2.93. The topological polar surface area (TPSA) is 51.0 Å². The summed E-state index contributed by atoms with van der Waals surface area (Å²) in [5, 5.41) is 0. The van der Waals surface area contributed by atoms with Gasteiger partial charge in [0, 0.05) is 43.9 Å². The van der Waals surface area contributed by atoms with Gasteiger partial charge in [-0.2, -0.15) is 0 Å². The molecule has 116 valence electrons. The summed E-state index contributed by atoms with van der Waals surface area (Å²) in [6.45, 7) is 3.63. The fourth-order valence-electron chi connectivity index (χ4n) is 3.14. The van der Waals surface area contributed by atoms with Crippen molar-refractivity contribution in [2.24, 2.45) is 13.0 Å². The van der Waals surface area contributed by atoms with Crippen LogP contribution in [0.1, 0.15) is 34.8 Å². The van der Waals surface area contributed by atoms with E-state index in [1.165, 1.54) is 0 Å². The van der Waals surface area contributed by atoms with E-state index < -0.39 is 0 Å². The molecule has 2 aromatic rings. The summed E-state index contributed by atoms with van der Waals surface area (Å²) in [5.41, 5.74) is 2.17. The number of amides is 1. The molecule has 3 heterocycles. The van der Waals surface area contributed by atoms with Gasteiger partial charge in [-0.15, -0.1) is 0 Å². The smallest absolute Gasteiger partial charge is 0.289 e. The van der Waals surface area contributed by atoms with Crippen LogP contribution in [0.5, 0.6) is 0 Å². The zero-order valence-electron chi connectivity index (χ0n) is 13.2. The van der Waals surface area contributed by atoms with E-state index in [0.29, 0.717) is 11.7 Å². The zero-order valence-corrected chi connectivity index (χ0v) is 13.2. The number of carbonyl (C=O) groups excluding carboxylic acids is 1. The van der Waals surface area contributed by atoms with Crippen molar-refractivity contribution in [2.45, 2.75) is 26.2 Å². The third kappa shape index (κ3) is 3.18. The van der Waals surface area contributed by atoms with Gasteiger partial charge in [-0.3, -0.25) is 9.78 Å². The van der Waals surface area contributed by atoms with E-state index in [1.54, 1.807) is 10.8 Å². The van der Waals surface area contributed by atoms with Crippen molar-refractivity contribution in [1.82, 2.24) is 19.4 Å². The third-order valence-corrected chi connectivity index (χ3v) is 4.26. The molecule has 0 spiro atoms. The molecule has 0 radical (unpaired) electrons. The van der Waals surface area contributed by atoms with Gasteiger partial charge in [-0.1, -0.05) is 6.07 Å². The second kappa shape index (κ2) is 6.30. The van der Waals surface area contributed by atoms with E-state index in [0.717, 1.165) is 43.7 Å². The monoisotopic (exact) mass is 298 g/mol. The molecule has 5 nitrogen and oxygen atoms in total. The molecule has 0 bridgehead atoms. The fraction of sp³-hybridized carbons (Fsp3) is 0.471. The van der Waals surface area contributed by atoms with Crippen molar-refractivity contribution >= 4 is 5.91 Å². The summed E-state index contributed by atoms with van der Waals surface area (Å²) in [6, 6.07) is 6.14. The molecule has 1 atom stereocenters. The minimum Gasteiger partial charge on any atom is -0.336 e. The Morgan fingerprint density at radius 2 is 2.27 bits per heavy atom. The lowest BCUT2D eigenvalue weighted by Gasteiger charge is -2.32. The zero-order chi connectivity index (χ0) is 15.5. The highest BCUT2D eigenvalue weighted by molar-refractivity contribution is 5.90. The Kier molecular flexibility index (Phi) is 4.22. The molecule has 0 unspecified atom stereocenters. The molecule has 1 fully saturated rings. The Balaban J connectivity index is 1.67. The van der Waals surface area contributed by atoms with E-state index in [1.807, 2.05) is 31.1 Å². The SMILES string of the molecule is Cc1cccc(C[C@H]2CCCN(C(=O)c3nccn3C)C2)n1. The maximum atomic E-state index is 12.6. The Morgan fingerprint density at radius 3 is 3.00 bits per heavy atom. The van der Waals surface area contributed by atoms with Gasteiger partial charge in [-0.25, -0.2) is 4.98 Å². The minimum atomic E-state index is 0.0365. The van der Waals surface area contributed by atoms with E-state index >= 15 is 0 Å². The van der Waals surface area contributed by atoms with Crippen molar-refractivity contribution in [3.63, 3.8) is 0 Å². The second-order valence-electron chi connectivity index (χ2n) is 6.10. The lowest BCUT2D eigenvalue weighted by atomic mass is 9.93. The number of pyridine rings is 1. The maximum Gasteiger partial charge on any atom is 0.289 e. The molecule has 1 aliphatic rings. The van der Waals surface area contributed by atoms with Crippen LogP contribution in [0.15, 0.2) is 30.6 Å². The third-order valence-electron chi connectivity index (χ3n) is 4.26. The van der Waals surface area contributed by atoms with Crippen LogP contribution in [0.3, 0.4) is 0 Å². The molecular formula is C17H22N4O. The number of nitrogens with zero attached hydrogens (tertiary/aromatic N) is 4. The first-order valence-electron chi connectivity index (χ1n) is 7.82. The van der Waals surface area contributed by atoms with Gasteiger partial charge >= 0.3 is 0 Å². The predicted octanol–water partition coefficient (Wildman–Crippen LogP) is 2.22. The largest absolute Gasteiger partial charge is 0.336 e. The number of hydrogen-bond acceptors (Lipinski definition) is 3. The molecule has 22 heavy (non-hydrogen) atoms. The van der Waals surface area contributed by atoms with Gasteiger partial charge in [-0.05, 0) is 44.2 Å². The van der Waals surface area contributed by atoms with Crippen molar-refractivity contribution in [3.8, 4) is 0 Å². The molecule has 0 N–H and O–H groups in total. The number of aromatic nitrogens is 3. The first-order valence-corrected chi connectivity index (χ1v) is 7.82. The van der Waals surface area contributed by atoms with Gasteiger partial charge in [0.25, 0.3) is 5.91 Å². The van der Waals surface area contributed by atoms with Crippen LogP contribution in [-0.2, 0) is 13.5 Å². The molecule has 0 aliphatic carbocycles. The Labute approximate surface area is 131 Å². The van der Waals surface area contributed by atoms with Crippen LogP contribution in [0, 0.1) is 12.8 Å². The van der Waals surface area contributed by atoms with Gasteiger partial charge in [0.05, 0.1) is 0 Å². The second-order valence-corrected chi connectivity index (χ2v) is 6.10. The van der Waals surface area contributed by atoms with E-state index in [9.17, 15) is 4.79 Å². The molecule has 1 aliphatic heterocycles. The molecule has 5 heteroatoms. The van der Waals surface area contributed by atoms with Crippen LogP contribution >= 0.6 is 0 Å². The number of aryl methyl sites for hydroxylation is 2. The van der Waals surface area contributed by atoms with Gasteiger partial charge in [0.1, 0.15) is 0 Å².